The number of benzene rings is 3. The fourth-order valence-electron chi connectivity index (χ4n) is 6.04. The van der Waals surface area contributed by atoms with Crippen LogP contribution < -0.4 is 15.0 Å². The van der Waals surface area contributed by atoms with Crippen molar-refractivity contribution in [3.05, 3.63) is 72.1 Å². The van der Waals surface area contributed by atoms with E-state index in [2.05, 4.69) is 85.8 Å². The van der Waals surface area contributed by atoms with Gasteiger partial charge in [0.2, 0.25) is 0 Å². The van der Waals surface area contributed by atoms with Crippen LogP contribution in [0.15, 0.2) is 60.7 Å². The van der Waals surface area contributed by atoms with E-state index in [9.17, 15) is 0 Å². The molecule has 0 saturated heterocycles. The summed E-state index contributed by atoms with van der Waals surface area (Å²) in [7, 11) is 5.87. The van der Waals surface area contributed by atoms with E-state index >= 15 is 0 Å². The Bertz CT molecular complexity index is 1350. The van der Waals surface area contributed by atoms with Crippen molar-refractivity contribution >= 4 is 27.5 Å². The zero-order valence-electron chi connectivity index (χ0n) is 22.7. The quantitative estimate of drug-likeness (QED) is 0.265. The van der Waals surface area contributed by atoms with Gasteiger partial charge in [0, 0.05) is 33.4 Å². The van der Waals surface area contributed by atoms with E-state index in [4.69, 9.17) is 14.7 Å². The Morgan fingerprint density at radius 1 is 0.973 bits per heavy atom. The maximum atomic E-state index is 5.35. The minimum atomic E-state index is 0. The molecular weight excluding hydrogens is 456 g/mol. The largest absolute Gasteiger partial charge is 0.497 e. The number of methoxy groups -OCH3 is 1. The molecule has 1 atom stereocenters. The van der Waals surface area contributed by atoms with Crippen LogP contribution in [0.2, 0.25) is 0 Å². The molecule has 5 heteroatoms. The number of para-hydroxylation sites is 1. The second-order valence-electron chi connectivity index (χ2n) is 10.8. The Morgan fingerprint density at radius 3 is 2.49 bits per heavy atom. The second-order valence-corrected chi connectivity index (χ2v) is 10.8. The van der Waals surface area contributed by atoms with E-state index < -0.39 is 0 Å². The summed E-state index contributed by atoms with van der Waals surface area (Å²) in [4.78, 5) is 12.2. The molecule has 1 aliphatic carbocycles. The normalized spacial score (nSPS) is 18.7. The molecule has 0 aliphatic heterocycles. The van der Waals surface area contributed by atoms with Crippen molar-refractivity contribution in [2.24, 2.45) is 11.8 Å². The van der Waals surface area contributed by atoms with Crippen LogP contribution in [-0.2, 0) is 6.54 Å². The highest BCUT2D eigenvalue weighted by molar-refractivity contribution is 5.89. The van der Waals surface area contributed by atoms with Crippen molar-refractivity contribution in [1.82, 2.24) is 15.3 Å². The fraction of sp³-hybridized carbons (Fsp3) is 0.438. The van der Waals surface area contributed by atoms with Crippen LogP contribution in [-0.4, -0.2) is 37.7 Å². The van der Waals surface area contributed by atoms with Gasteiger partial charge in [0.05, 0.1) is 12.6 Å². The van der Waals surface area contributed by atoms with Gasteiger partial charge in [0.25, 0.3) is 0 Å². The third-order valence-corrected chi connectivity index (χ3v) is 8.13. The Kier molecular flexibility index (Phi) is 7.90. The topological polar surface area (TPSA) is 50.3 Å². The second kappa shape index (κ2) is 11.5. The van der Waals surface area contributed by atoms with Gasteiger partial charge in [-0.05, 0) is 97.2 Å². The fourth-order valence-corrected chi connectivity index (χ4v) is 6.04. The Morgan fingerprint density at radius 2 is 1.73 bits per heavy atom. The summed E-state index contributed by atoms with van der Waals surface area (Å²) in [5.74, 6) is 4.80. The maximum Gasteiger partial charge on any atom is 0.139 e. The molecule has 37 heavy (non-hydrogen) atoms. The summed E-state index contributed by atoms with van der Waals surface area (Å²) in [6.07, 6.45) is 6.17. The summed E-state index contributed by atoms with van der Waals surface area (Å²) in [6, 6.07) is 21.4. The number of rotatable bonds is 9. The lowest BCUT2D eigenvalue weighted by Crippen LogP contribution is -2.28. The van der Waals surface area contributed by atoms with Crippen LogP contribution in [0, 0.1) is 11.8 Å². The van der Waals surface area contributed by atoms with Crippen molar-refractivity contribution in [1.29, 1.82) is 0 Å². The molecule has 1 aromatic heterocycles. The smallest absolute Gasteiger partial charge is 0.139 e. The van der Waals surface area contributed by atoms with Gasteiger partial charge >= 0.3 is 0 Å². The van der Waals surface area contributed by atoms with E-state index in [1.165, 1.54) is 42.0 Å². The first-order valence-corrected chi connectivity index (χ1v) is 13.8. The van der Waals surface area contributed by atoms with Gasteiger partial charge in [-0.2, -0.15) is 0 Å². The Balaban J connectivity index is 0.00000336. The van der Waals surface area contributed by atoms with Crippen LogP contribution in [0.5, 0.6) is 5.75 Å². The van der Waals surface area contributed by atoms with E-state index in [1.807, 2.05) is 6.07 Å². The molecule has 4 aromatic rings. The summed E-state index contributed by atoms with van der Waals surface area (Å²) in [5, 5.41) is 7.35. The monoisotopic (exact) mass is 498 g/mol. The molecule has 0 bridgehead atoms. The number of fused-ring (bicyclic) bond motifs is 2. The molecule has 1 aliphatic rings. The van der Waals surface area contributed by atoms with Crippen molar-refractivity contribution in [3.8, 4) is 5.75 Å². The molecular formula is C32H42N4O. The molecule has 1 N–H and O–H groups in total. The number of nitrogens with one attached hydrogen (secondary N) is 1. The number of anilines is 1. The Hall–Kier alpha value is -3.18. The van der Waals surface area contributed by atoms with Gasteiger partial charge in [-0.1, -0.05) is 37.3 Å². The third kappa shape index (κ3) is 5.72. The molecule has 3 aromatic carbocycles. The first-order chi connectivity index (χ1) is 18.1. The minimum Gasteiger partial charge on any atom is -0.497 e. The van der Waals surface area contributed by atoms with Gasteiger partial charge in [-0.15, -0.1) is 0 Å². The SMILES string of the molecule is CCC(c1nc(N(C)C)c2ccccc2n1)C1CCC(CNCc2ccc3cc(OC)ccc3c2)CC1.[HH]. The highest BCUT2D eigenvalue weighted by Crippen LogP contribution is 2.40. The number of hydrogen-bond donors (Lipinski definition) is 1. The van der Waals surface area contributed by atoms with Crippen LogP contribution in [0.25, 0.3) is 21.7 Å². The van der Waals surface area contributed by atoms with Gasteiger partial charge in [0.1, 0.15) is 17.4 Å². The average molecular weight is 499 g/mol. The first kappa shape index (κ1) is 25.5. The lowest BCUT2D eigenvalue weighted by atomic mass is 9.74. The van der Waals surface area contributed by atoms with Crippen LogP contribution in [0.1, 0.15) is 57.8 Å². The van der Waals surface area contributed by atoms with Gasteiger partial charge in [-0.25, -0.2) is 9.97 Å². The van der Waals surface area contributed by atoms with Gasteiger partial charge in [0.15, 0.2) is 0 Å². The summed E-state index contributed by atoms with van der Waals surface area (Å²) in [5.41, 5.74) is 2.39. The standard InChI is InChI=1S/C32H40N4O.H2/c1-5-28(31-34-30-9-7-6-8-29(30)32(35-31)36(2)3)24-13-10-22(11-14-24)20-33-21-23-12-15-26-19-27(37-4)17-16-25(26)18-23;/h6-9,12,15-19,22,24,28,33H,5,10-11,13-14,20-21H2,1-4H3;1H. The Labute approximate surface area is 222 Å². The predicted molar refractivity (Wildman–Crippen MR) is 157 cm³/mol. The average Bonchev–Trinajstić information content (AvgIpc) is 2.93. The van der Waals surface area contributed by atoms with Crippen molar-refractivity contribution in [2.45, 2.75) is 51.5 Å². The molecule has 5 rings (SSSR count). The van der Waals surface area contributed by atoms with Crippen molar-refractivity contribution < 1.29 is 6.16 Å². The highest BCUT2D eigenvalue weighted by Gasteiger charge is 2.30. The minimum absolute atomic E-state index is 0. The van der Waals surface area contributed by atoms with Crippen molar-refractivity contribution in [3.63, 3.8) is 0 Å². The summed E-state index contributed by atoms with van der Waals surface area (Å²) < 4.78 is 5.35. The number of aromatic nitrogens is 2. The first-order valence-electron chi connectivity index (χ1n) is 13.8. The molecule has 0 radical (unpaired) electrons. The van der Waals surface area contributed by atoms with Gasteiger partial charge < -0.3 is 15.0 Å². The molecule has 1 fully saturated rings. The summed E-state index contributed by atoms with van der Waals surface area (Å²) in [6.45, 7) is 4.30. The molecule has 1 saturated carbocycles. The van der Waals surface area contributed by atoms with Crippen LogP contribution in [0.4, 0.5) is 5.82 Å². The van der Waals surface area contributed by atoms with Gasteiger partial charge in [-0.3, -0.25) is 0 Å². The lowest BCUT2D eigenvalue weighted by molar-refractivity contribution is 0.230. The van der Waals surface area contributed by atoms with E-state index in [0.717, 1.165) is 53.7 Å². The number of hydrogen-bond acceptors (Lipinski definition) is 5. The molecule has 0 amide bonds. The third-order valence-electron chi connectivity index (χ3n) is 8.13. The van der Waals surface area contributed by atoms with E-state index in [0.29, 0.717) is 11.8 Å². The number of ether oxygens (including phenoxy) is 1. The van der Waals surface area contributed by atoms with E-state index in [-0.39, 0.29) is 1.43 Å². The van der Waals surface area contributed by atoms with Crippen LogP contribution >= 0.6 is 0 Å². The molecule has 1 unspecified atom stereocenters. The molecule has 0 spiro atoms. The molecule has 1 heterocycles. The lowest BCUT2D eigenvalue weighted by Gasteiger charge is -2.33. The zero-order valence-corrected chi connectivity index (χ0v) is 22.7. The van der Waals surface area contributed by atoms with E-state index in [1.54, 1.807) is 7.11 Å². The van der Waals surface area contributed by atoms with Crippen molar-refractivity contribution in [2.75, 3.05) is 32.6 Å². The predicted octanol–water partition coefficient (Wildman–Crippen LogP) is 7.19. The highest BCUT2D eigenvalue weighted by atomic mass is 16.5. The maximum absolute atomic E-state index is 5.35. The zero-order chi connectivity index (χ0) is 25.8. The number of nitrogens with zero attached hydrogens (tertiary/aromatic N) is 3. The molecule has 196 valence electrons. The van der Waals surface area contributed by atoms with Crippen LogP contribution in [0.3, 0.4) is 0 Å². The summed E-state index contributed by atoms with van der Waals surface area (Å²) >= 11 is 0. The molecule has 5 nitrogen and oxygen atoms in total.